The second-order valence-corrected chi connectivity index (χ2v) is 11.0. The van der Waals surface area contributed by atoms with Gasteiger partial charge in [-0.05, 0) is 63.8 Å². The highest BCUT2D eigenvalue weighted by Crippen LogP contribution is 2.58. The van der Waals surface area contributed by atoms with Gasteiger partial charge in [0, 0.05) is 41.7 Å². The Morgan fingerprint density at radius 1 is 1.39 bits per heavy atom. The van der Waals surface area contributed by atoms with Gasteiger partial charge in [-0.2, -0.15) is 0 Å². The summed E-state index contributed by atoms with van der Waals surface area (Å²) in [6.45, 7) is 4.66. The summed E-state index contributed by atoms with van der Waals surface area (Å²) in [5.74, 6) is 1.87. The SMILES string of the molecule is Cc1ncc(CC(=O)N[C@H]2CC[C@H](CCN3CC4CC4(c4cc(CF)on4)C3)CC2)s1. The molecule has 6 nitrogen and oxygen atoms in total. The Morgan fingerprint density at radius 3 is 2.94 bits per heavy atom. The smallest absolute Gasteiger partial charge is 0.225 e. The Morgan fingerprint density at radius 2 is 2.23 bits per heavy atom. The lowest BCUT2D eigenvalue weighted by Crippen LogP contribution is -2.38. The molecule has 2 aromatic rings. The number of nitrogens with one attached hydrogen (secondary N) is 1. The Labute approximate surface area is 186 Å². The second kappa shape index (κ2) is 8.62. The molecular formula is C23H31FN4O2S. The van der Waals surface area contributed by atoms with Crippen LogP contribution in [-0.2, 0) is 23.3 Å². The molecule has 2 aromatic heterocycles. The molecule has 2 atom stereocenters. The molecule has 1 saturated heterocycles. The van der Waals surface area contributed by atoms with E-state index in [1.165, 1.54) is 19.3 Å². The van der Waals surface area contributed by atoms with Crippen LogP contribution in [0.4, 0.5) is 4.39 Å². The number of nitrogens with zero attached hydrogens (tertiary/aromatic N) is 3. The molecule has 2 saturated carbocycles. The summed E-state index contributed by atoms with van der Waals surface area (Å²) >= 11 is 1.60. The summed E-state index contributed by atoms with van der Waals surface area (Å²) in [7, 11) is 0. The predicted molar refractivity (Wildman–Crippen MR) is 117 cm³/mol. The third kappa shape index (κ3) is 4.55. The van der Waals surface area contributed by atoms with E-state index in [-0.39, 0.29) is 11.3 Å². The fraction of sp³-hybridized carbons (Fsp3) is 0.696. The van der Waals surface area contributed by atoms with Gasteiger partial charge in [0.1, 0.15) is 6.67 Å². The molecule has 3 aliphatic rings. The molecular weight excluding hydrogens is 415 g/mol. The molecule has 8 heteroatoms. The lowest BCUT2D eigenvalue weighted by Gasteiger charge is -2.30. The van der Waals surface area contributed by atoms with Crippen molar-refractivity contribution in [3.8, 4) is 0 Å². The van der Waals surface area contributed by atoms with Crippen LogP contribution in [-0.4, -0.2) is 46.6 Å². The lowest BCUT2D eigenvalue weighted by atomic mass is 9.84. The van der Waals surface area contributed by atoms with E-state index in [9.17, 15) is 9.18 Å². The van der Waals surface area contributed by atoms with Gasteiger partial charge in [0.15, 0.2) is 5.76 Å². The lowest BCUT2D eigenvalue weighted by molar-refractivity contribution is -0.121. The minimum Gasteiger partial charge on any atom is -0.358 e. The number of carbonyl (C=O) groups is 1. The molecule has 3 heterocycles. The molecule has 0 bridgehead atoms. The molecule has 2 aliphatic carbocycles. The molecule has 0 radical (unpaired) electrons. The number of amides is 1. The fourth-order valence-corrected chi connectivity index (χ4v) is 6.44. The molecule has 31 heavy (non-hydrogen) atoms. The van der Waals surface area contributed by atoms with Gasteiger partial charge in [-0.3, -0.25) is 4.79 Å². The average Bonchev–Trinajstić information content (AvgIpc) is 3.17. The standard InChI is InChI=1S/C23H31FN4O2S/c1-15-25-12-20(31-15)9-22(29)26-18-4-2-16(3-5-18)6-7-28-13-17-10-23(17,14-28)21-8-19(11-24)30-27-21/h8,12,16-18H,2-7,9-11,13-14H2,1H3,(H,26,29)/t16-,17?,18-,23?. The molecule has 5 rings (SSSR count). The van der Waals surface area contributed by atoms with Gasteiger partial charge in [0.05, 0.1) is 17.1 Å². The van der Waals surface area contributed by atoms with Crippen LogP contribution in [0.2, 0.25) is 0 Å². The van der Waals surface area contributed by atoms with Crippen LogP contribution in [0.25, 0.3) is 0 Å². The minimum atomic E-state index is -0.578. The van der Waals surface area contributed by atoms with Gasteiger partial charge in [-0.15, -0.1) is 11.3 Å². The van der Waals surface area contributed by atoms with Crippen molar-refractivity contribution in [1.29, 1.82) is 0 Å². The van der Waals surface area contributed by atoms with E-state index in [0.29, 0.717) is 24.1 Å². The number of aryl methyl sites for hydroxylation is 1. The number of piperidine rings is 1. The van der Waals surface area contributed by atoms with Crippen molar-refractivity contribution in [1.82, 2.24) is 20.4 Å². The Balaban J connectivity index is 1.02. The van der Waals surface area contributed by atoms with Crippen LogP contribution in [0.1, 0.15) is 59.9 Å². The number of hydrogen-bond donors (Lipinski definition) is 1. The van der Waals surface area contributed by atoms with E-state index in [4.69, 9.17) is 4.52 Å². The summed E-state index contributed by atoms with van der Waals surface area (Å²) in [5, 5.41) is 8.38. The van der Waals surface area contributed by atoms with Gasteiger partial charge < -0.3 is 14.7 Å². The highest BCUT2D eigenvalue weighted by molar-refractivity contribution is 7.11. The number of likely N-dealkylation sites (tertiary alicyclic amines) is 1. The van der Waals surface area contributed by atoms with E-state index in [1.807, 2.05) is 19.2 Å². The summed E-state index contributed by atoms with van der Waals surface area (Å²) < 4.78 is 17.9. The van der Waals surface area contributed by atoms with Gasteiger partial charge in [0.25, 0.3) is 0 Å². The maximum absolute atomic E-state index is 12.8. The largest absolute Gasteiger partial charge is 0.358 e. The zero-order valence-corrected chi connectivity index (χ0v) is 18.9. The molecule has 2 unspecified atom stereocenters. The number of carbonyl (C=O) groups excluding carboxylic acids is 1. The van der Waals surface area contributed by atoms with Crippen molar-refractivity contribution in [3.63, 3.8) is 0 Å². The fourth-order valence-electron chi connectivity index (χ4n) is 5.65. The quantitative estimate of drug-likeness (QED) is 0.668. The highest BCUT2D eigenvalue weighted by Gasteiger charge is 2.62. The first-order chi connectivity index (χ1) is 15.0. The van der Waals surface area contributed by atoms with Gasteiger partial charge in [0.2, 0.25) is 5.91 Å². The number of hydrogen-bond acceptors (Lipinski definition) is 6. The van der Waals surface area contributed by atoms with Crippen LogP contribution >= 0.6 is 11.3 Å². The number of aromatic nitrogens is 2. The summed E-state index contributed by atoms with van der Waals surface area (Å²) in [5.41, 5.74) is 1.08. The Kier molecular flexibility index (Phi) is 5.86. The third-order valence-corrected chi connectivity index (χ3v) is 8.40. The predicted octanol–water partition coefficient (Wildman–Crippen LogP) is 3.79. The molecule has 168 valence electrons. The van der Waals surface area contributed by atoms with Crippen LogP contribution < -0.4 is 5.32 Å². The number of thiazole rings is 1. The van der Waals surface area contributed by atoms with Crippen molar-refractivity contribution in [2.45, 2.75) is 70.0 Å². The monoisotopic (exact) mass is 446 g/mol. The number of fused-ring (bicyclic) bond motifs is 1. The number of alkyl halides is 1. The summed E-state index contributed by atoms with van der Waals surface area (Å²) in [4.78, 5) is 20.1. The van der Waals surface area contributed by atoms with Gasteiger partial charge >= 0.3 is 0 Å². The Hall–Kier alpha value is -1.80. The molecule has 0 aromatic carbocycles. The van der Waals surface area contributed by atoms with Crippen LogP contribution in [0, 0.1) is 18.8 Å². The van der Waals surface area contributed by atoms with Crippen LogP contribution in [0.5, 0.6) is 0 Å². The second-order valence-electron chi connectivity index (χ2n) is 9.70. The molecule has 0 spiro atoms. The van der Waals surface area contributed by atoms with Gasteiger partial charge in [-0.25, -0.2) is 9.37 Å². The van der Waals surface area contributed by atoms with Crippen molar-refractivity contribution in [3.05, 3.63) is 33.6 Å². The van der Waals surface area contributed by atoms with E-state index < -0.39 is 6.67 Å². The Bertz CT molecular complexity index is 922. The van der Waals surface area contributed by atoms with Crippen molar-refractivity contribution < 1.29 is 13.7 Å². The van der Waals surface area contributed by atoms with Crippen molar-refractivity contribution in [2.24, 2.45) is 11.8 Å². The van der Waals surface area contributed by atoms with E-state index in [0.717, 1.165) is 60.4 Å². The maximum Gasteiger partial charge on any atom is 0.225 e. The van der Waals surface area contributed by atoms with Gasteiger partial charge in [-0.1, -0.05) is 5.16 Å². The topological polar surface area (TPSA) is 71.3 Å². The number of halogens is 1. The summed E-state index contributed by atoms with van der Waals surface area (Å²) in [6, 6.07) is 2.13. The maximum atomic E-state index is 12.8. The van der Waals surface area contributed by atoms with Crippen LogP contribution in [0.15, 0.2) is 16.8 Å². The zero-order valence-electron chi connectivity index (χ0n) is 18.1. The van der Waals surface area contributed by atoms with E-state index in [2.05, 4.69) is 20.4 Å². The summed E-state index contributed by atoms with van der Waals surface area (Å²) in [6.07, 6.45) is 9.18. The third-order valence-electron chi connectivity index (χ3n) is 7.49. The molecule has 1 N–H and O–H groups in total. The normalized spacial score (nSPS) is 30.3. The van der Waals surface area contributed by atoms with E-state index in [1.54, 1.807) is 11.3 Å². The average molecular weight is 447 g/mol. The first kappa shape index (κ1) is 21.1. The zero-order chi connectivity index (χ0) is 21.4. The van der Waals surface area contributed by atoms with E-state index >= 15 is 0 Å². The van der Waals surface area contributed by atoms with Crippen molar-refractivity contribution >= 4 is 17.2 Å². The van der Waals surface area contributed by atoms with Crippen LogP contribution in [0.3, 0.4) is 0 Å². The molecule has 1 amide bonds. The molecule has 3 fully saturated rings. The first-order valence-electron chi connectivity index (χ1n) is 11.5. The first-order valence-corrected chi connectivity index (χ1v) is 12.3. The number of rotatable bonds is 8. The highest BCUT2D eigenvalue weighted by atomic mass is 32.1. The molecule has 1 aliphatic heterocycles. The van der Waals surface area contributed by atoms with Crippen molar-refractivity contribution in [2.75, 3.05) is 19.6 Å². The minimum absolute atomic E-state index is 0.121.